The van der Waals surface area contributed by atoms with Gasteiger partial charge < -0.3 is 24.7 Å². The fraction of sp³-hybridized carbons (Fsp3) is 0.833. The number of esters is 1. The van der Waals surface area contributed by atoms with E-state index in [-0.39, 0.29) is 0 Å². The number of nitrogens with two attached hydrogens (primary N) is 1. The Balaban J connectivity index is 3.05. The molecule has 1 rings (SSSR count). The van der Waals surface area contributed by atoms with Crippen LogP contribution in [0.4, 0.5) is 4.79 Å². The minimum Gasteiger partial charge on any atom is -0.456 e. The molecule has 1 aliphatic heterocycles. The van der Waals surface area contributed by atoms with Crippen LogP contribution in [-0.2, 0) is 23.7 Å². The van der Waals surface area contributed by atoms with Crippen LogP contribution in [0.25, 0.3) is 0 Å². The van der Waals surface area contributed by atoms with Crippen LogP contribution in [-0.4, -0.2) is 49.2 Å². The summed E-state index contributed by atoms with van der Waals surface area (Å²) >= 11 is 0. The van der Waals surface area contributed by atoms with Crippen molar-refractivity contribution in [1.29, 1.82) is 0 Å². The third kappa shape index (κ3) is 3.57. The van der Waals surface area contributed by atoms with Crippen molar-refractivity contribution in [3.05, 3.63) is 0 Å². The molecule has 4 unspecified atom stereocenters. The van der Waals surface area contributed by atoms with Crippen LogP contribution in [0.5, 0.6) is 0 Å². The van der Waals surface area contributed by atoms with Gasteiger partial charge in [-0.3, -0.25) is 4.79 Å². The Morgan fingerprint density at radius 2 is 1.79 bits per heavy atom. The standard InChI is InChI=1S/C12H21NO6/c1-6-8(17-7(2)14)9(18-11(13)15)10(16-5)12(3,4)19-6/h6,8-10H,1-5H3,(H2,13,15). The second kappa shape index (κ2) is 5.75. The molecule has 7 nitrogen and oxygen atoms in total. The van der Waals surface area contributed by atoms with Gasteiger partial charge in [-0.15, -0.1) is 0 Å². The molecule has 2 N–H and O–H groups in total. The molecule has 1 saturated heterocycles. The molecule has 0 aromatic rings. The summed E-state index contributed by atoms with van der Waals surface area (Å²) in [7, 11) is 1.47. The fourth-order valence-electron chi connectivity index (χ4n) is 2.48. The van der Waals surface area contributed by atoms with Crippen LogP contribution in [0, 0.1) is 0 Å². The van der Waals surface area contributed by atoms with E-state index in [4.69, 9.17) is 24.7 Å². The van der Waals surface area contributed by atoms with Crippen molar-refractivity contribution in [3.63, 3.8) is 0 Å². The largest absolute Gasteiger partial charge is 0.456 e. The molecule has 110 valence electrons. The highest BCUT2D eigenvalue weighted by molar-refractivity contribution is 5.67. The molecule has 7 heteroatoms. The van der Waals surface area contributed by atoms with Gasteiger partial charge in [-0.2, -0.15) is 0 Å². The van der Waals surface area contributed by atoms with Gasteiger partial charge in [0.2, 0.25) is 0 Å². The van der Waals surface area contributed by atoms with Crippen molar-refractivity contribution >= 4 is 12.1 Å². The van der Waals surface area contributed by atoms with Crippen LogP contribution in [0.1, 0.15) is 27.7 Å². The summed E-state index contributed by atoms with van der Waals surface area (Å²) in [6.45, 7) is 6.62. The van der Waals surface area contributed by atoms with Crippen molar-refractivity contribution in [3.8, 4) is 0 Å². The summed E-state index contributed by atoms with van der Waals surface area (Å²) in [6.07, 6.45) is -3.57. The molecule has 0 spiro atoms. The summed E-state index contributed by atoms with van der Waals surface area (Å²) in [6, 6.07) is 0. The first-order chi connectivity index (χ1) is 8.69. The van der Waals surface area contributed by atoms with Crippen molar-refractivity contribution in [2.75, 3.05) is 7.11 Å². The predicted octanol–water partition coefficient (Wildman–Crippen LogP) is 0.594. The molecule has 0 saturated carbocycles. The molecule has 0 aromatic carbocycles. The molecule has 0 bridgehead atoms. The van der Waals surface area contributed by atoms with Gasteiger partial charge in [0, 0.05) is 14.0 Å². The normalized spacial score (nSPS) is 33.5. The van der Waals surface area contributed by atoms with E-state index < -0.39 is 42.1 Å². The lowest BCUT2D eigenvalue weighted by molar-refractivity contribution is -0.262. The van der Waals surface area contributed by atoms with Crippen LogP contribution >= 0.6 is 0 Å². The average molecular weight is 275 g/mol. The summed E-state index contributed by atoms with van der Waals surface area (Å²) in [5, 5.41) is 0. The topological polar surface area (TPSA) is 97.1 Å². The second-order valence-electron chi connectivity index (χ2n) is 5.06. The first-order valence-electron chi connectivity index (χ1n) is 6.03. The van der Waals surface area contributed by atoms with E-state index >= 15 is 0 Å². The van der Waals surface area contributed by atoms with E-state index in [0.29, 0.717) is 0 Å². The Hall–Kier alpha value is -1.34. The third-order valence-electron chi connectivity index (χ3n) is 3.07. The summed E-state index contributed by atoms with van der Waals surface area (Å²) in [5.74, 6) is -0.493. The maximum Gasteiger partial charge on any atom is 0.405 e. The Morgan fingerprint density at radius 1 is 1.21 bits per heavy atom. The number of hydrogen-bond acceptors (Lipinski definition) is 6. The van der Waals surface area contributed by atoms with E-state index in [1.165, 1.54) is 14.0 Å². The molecule has 1 heterocycles. The number of hydrogen-bond donors (Lipinski definition) is 1. The van der Waals surface area contributed by atoms with Gasteiger partial charge in [0.05, 0.1) is 11.7 Å². The minimum atomic E-state index is -0.950. The first-order valence-corrected chi connectivity index (χ1v) is 6.03. The predicted molar refractivity (Wildman–Crippen MR) is 65.4 cm³/mol. The zero-order valence-electron chi connectivity index (χ0n) is 11.8. The highest BCUT2D eigenvalue weighted by Crippen LogP contribution is 2.34. The van der Waals surface area contributed by atoms with Crippen molar-refractivity contribution in [1.82, 2.24) is 0 Å². The van der Waals surface area contributed by atoms with Crippen LogP contribution in [0.2, 0.25) is 0 Å². The molecule has 0 radical (unpaired) electrons. The molecule has 1 fully saturated rings. The zero-order chi connectivity index (χ0) is 14.8. The summed E-state index contributed by atoms with van der Waals surface area (Å²) < 4.78 is 21.3. The van der Waals surface area contributed by atoms with Gasteiger partial charge in [-0.25, -0.2) is 4.79 Å². The molecule has 19 heavy (non-hydrogen) atoms. The average Bonchev–Trinajstić information content (AvgIpc) is 2.21. The van der Waals surface area contributed by atoms with E-state index in [2.05, 4.69) is 0 Å². The Kier molecular flexibility index (Phi) is 4.75. The molecular formula is C12H21NO6. The smallest absolute Gasteiger partial charge is 0.405 e. The zero-order valence-corrected chi connectivity index (χ0v) is 11.8. The van der Waals surface area contributed by atoms with Crippen molar-refractivity contribution in [2.24, 2.45) is 5.73 Å². The molecular weight excluding hydrogens is 254 g/mol. The molecule has 0 aromatic heterocycles. The SMILES string of the molecule is COC1C(OC(N)=O)C(OC(C)=O)C(C)OC1(C)C. The number of rotatable bonds is 3. The van der Waals surface area contributed by atoms with Crippen LogP contribution < -0.4 is 5.73 Å². The van der Waals surface area contributed by atoms with Gasteiger partial charge in [0.25, 0.3) is 0 Å². The van der Waals surface area contributed by atoms with Crippen LogP contribution in [0.15, 0.2) is 0 Å². The number of carbonyl (C=O) groups is 2. The number of amides is 1. The summed E-state index contributed by atoms with van der Waals surface area (Å²) in [5.41, 5.74) is 4.37. The van der Waals surface area contributed by atoms with Gasteiger partial charge in [0.1, 0.15) is 6.10 Å². The molecule has 1 aliphatic rings. The Morgan fingerprint density at radius 3 is 2.21 bits per heavy atom. The maximum atomic E-state index is 11.2. The lowest BCUT2D eigenvalue weighted by Crippen LogP contribution is -2.64. The number of ether oxygens (including phenoxy) is 4. The van der Waals surface area contributed by atoms with Gasteiger partial charge in [-0.05, 0) is 20.8 Å². The maximum absolute atomic E-state index is 11.2. The molecule has 1 amide bonds. The first kappa shape index (κ1) is 15.7. The fourth-order valence-corrected chi connectivity index (χ4v) is 2.48. The Bertz CT molecular complexity index is 356. The summed E-state index contributed by atoms with van der Waals surface area (Å²) in [4.78, 5) is 22.2. The molecule has 0 aliphatic carbocycles. The highest BCUT2D eigenvalue weighted by Gasteiger charge is 2.52. The van der Waals surface area contributed by atoms with Crippen LogP contribution in [0.3, 0.4) is 0 Å². The monoisotopic (exact) mass is 275 g/mol. The lowest BCUT2D eigenvalue weighted by atomic mass is 9.87. The quantitative estimate of drug-likeness (QED) is 0.757. The van der Waals surface area contributed by atoms with Gasteiger partial charge in [-0.1, -0.05) is 0 Å². The highest BCUT2D eigenvalue weighted by atomic mass is 16.6. The molecule has 4 atom stereocenters. The van der Waals surface area contributed by atoms with E-state index in [1.807, 2.05) is 0 Å². The van der Waals surface area contributed by atoms with Crippen molar-refractivity contribution in [2.45, 2.75) is 57.7 Å². The third-order valence-corrected chi connectivity index (χ3v) is 3.07. The van der Waals surface area contributed by atoms with E-state index in [9.17, 15) is 9.59 Å². The lowest BCUT2D eigenvalue weighted by Gasteiger charge is -2.48. The van der Waals surface area contributed by atoms with Crippen molar-refractivity contribution < 1.29 is 28.5 Å². The van der Waals surface area contributed by atoms with Gasteiger partial charge >= 0.3 is 12.1 Å². The second-order valence-corrected chi connectivity index (χ2v) is 5.06. The van der Waals surface area contributed by atoms with E-state index in [0.717, 1.165) is 0 Å². The number of methoxy groups -OCH3 is 1. The van der Waals surface area contributed by atoms with E-state index in [1.54, 1.807) is 20.8 Å². The van der Waals surface area contributed by atoms with Gasteiger partial charge in [0.15, 0.2) is 12.2 Å². The Labute approximate surface area is 112 Å². The number of primary amides is 1. The number of carbonyl (C=O) groups excluding carboxylic acids is 2. The minimum absolute atomic E-state index is 0.449.